The highest BCUT2D eigenvalue weighted by molar-refractivity contribution is 6.06. The maximum Gasteiger partial charge on any atom is 0.236 e. The standard InChI is InChI=1S/C14H25N3O3/c1-17(8-9-20-10-11-4-5-11)13(18)14(12(15)16-19)6-2-3-7-14/h11,19H,2-10H2,1H3,(H2,15,16). The lowest BCUT2D eigenvalue weighted by molar-refractivity contribution is -0.137. The number of likely N-dealkylation sites (N-methyl/N-ethyl adjacent to an activating group) is 1. The van der Waals surface area contributed by atoms with Crippen LogP contribution in [0.1, 0.15) is 38.5 Å². The molecule has 2 rings (SSSR count). The Morgan fingerprint density at radius 1 is 1.45 bits per heavy atom. The maximum absolute atomic E-state index is 12.6. The van der Waals surface area contributed by atoms with Gasteiger partial charge in [0.15, 0.2) is 5.84 Å². The van der Waals surface area contributed by atoms with Crippen molar-refractivity contribution in [1.29, 1.82) is 0 Å². The molecule has 2 aliphatic carbocycles. The first kappa shape index (κ1) is 15.1. The summed E-state index contributed by atoms with van der Waals surface area (Å²) in [6.45, 7) is 1.89. The zero-order valence-corrected chi connectivity index (χ0v) is 12.2. The lowest BCUT2D eigenvalue weighted by Gasteiger charge is -2.31. The summed E-state index contributed by atoms with van der Waals surface area (Å²) in [5.41, 5.74) is 4.97. The molecule has 2 fully saturated rings. The quantitative estimate of drug-likeness (QED) is 0.241. The minimum atomic E-state index is -0.806. The lowest BCUT2D eigenvalue weighted by atomic mass is 9.83. The highest BCUT2D eigenvalue weighted by Crippen LogP contribution is 2.39. The molecule has 0 saturated heterocycles. The zero-order valence-electron chi connectivity index (χ0n) is 12.2. The van der Waals surface area contributed by atoms with E-state index in [1.54, 1.807) is 11.9 Å². The molecule has 0 heterocycles. The molecule has 6 nitrogen and oxygen atoms in total. The molecule has 0 atom stereocenters. The van der Waals surface area contributed by atoms with Crippen LogP contribution in [0.5, 0.6) is 0 Å². The molecule has 2 aliphatic rings. The summed E-state index contributed by atoms with van der Waals surface area (Å²) >= 11 is 0. The van der Waals surface area contributed by atoms with Crippen LogP contribution < -0.4 is 5.73 Å². The minimum absolute atomic E-state index is 0.0470. The van der Waals surface area contributed by atoms with E-state index in [0.717, 1.165) is 25.4 Å². The average molecular weight is 283 g/mol. The van der Waals surface area contributed by atoms with Gasteiger partial charge < -0.3 is 20.6 Å². The molecule has 0 spiro atoms. The molecule has 0 aliphatic heterocycles. The van der Waals surface area contributed by atoms with Gasteiger partial charge in [0, 0.05) is 20.2 Å². The highest BCUT2D eigenvalue weighted by atomic mass is 16.5. The predicted octanol–water partition coefficient (Wildman–Crippen LogP) is 1.18. The van der Waals surface area contributed by atoms with E-state index in [1.807, 2.05) is 0 Å². The molecule has 1 amide bonds. The van der Waals surface area contributed by atoms with Crippen molar-refractivity contribution in [3.8, 4) is 0 Å². The molecule has 0 bridgehead atoms. The lowest BCUT2D eigenvalue weighted by Crippen LogP contribution is -2.49. The van der Waals surface area contributed by atoms with Crippen LogP contribution in [0.2, 0.25) is 0 Å². The van der Waals surface area contributed by atoms with E-state index in [9.17, 15) is 4.79 Å². The first-order chi connectivity index (χ1) is 9.60. The number of carbonyl (C=O) groups is 1. The van der Waals surface area contributed by atoms with Crippen molar-refractivity contribution in [3.63, 3.8) is 0 Å². The summed E-state index contributed by atoms with van der Waals surface area (Å²) in [6.07, 6.45) is 5.73. The average Bonchev–Trinajstić information content (AvgIpc) is 3.15. The molecule has 2 saturated carbocycles. The molecule has 0 aromatic carbocycles. The first-order valence-corrected chi connectivity index (χ1v) is 7.41. The monoisotopic (exact) mass is 283 g/mol. The van der Waals surface area contributed by atoms with Crippen molar-refractivity contribution < 1.29 is 14.7 Å². The number of rotatable bonds is 7. The summed E-state index contributed by atoms with van der Waals surface area (Å²) < 4.78 is 5.56. The van der Waals surface area contributed by atoms with E-state index in [4.69, 9.17) is 15.7 Å². The van der Waals surface area contributed by atoms with E-state index in [-0.39, 0.29) is 11.7 Å². The number of hydrogen-bond donors (Lipinski definition) is 2. The van der Waals surface area contributed by atoms with Crippen LogP contribution in [0, 0.1) is 11.3 Å². The van der Waals surface area contributed by atoms with Gasteiger partial charge in [-0.25, -0.2) is 0 Å². The molecule has 0 radical (unpaired) electrons. The van der Waals surface area contributed by atoms with Gasteiger partial charge in [-0.05, 0) is 31.6 Å². The highest BCUT2D eigenvalue weighted by Gasteiger charge is 2.46. The first-order valence-electron chi connectivity index (χ1n) is 7.41. The van der Waals surface area contributed by atoms with Crippen LogP contribution in [0.4, 0.5) is 0 Å². The van der Waals surface area contributed by atoms with Gasteiger partial charge in [-0.2, -0.15) is 0 Å². The number of oxime groups is 1. The number of nitrogens with zero attached hydrogens (tertiary/aromatic N) is 2. The Morgan fingerprint density at radius 3 is 2.65 bits per heavy atom. The van der Waals surface area contributed by atoms with Crippen molar-refractivity contribution in [2.75, 3.05) is 26.8 Å². The van der Waals surface area contributed by atoms with E-state index >= 15 is 0 Å². The predicted molar refractivity (Wildman–Crippen MR) is 75.5 cm³/mol. The van der Waals surface area contributed by atoms with Crippen LogP contribution in [-0.2, 0) is 9.53 Å². The second-order valence-corrected chi connectivity index (χ2v) is 6.02. The van der Waals surface area contributed by atoms with Gasteiger partial charge in [0.25, 0.3) is 0 Å². The molecular formula is C14H25N3O3. The molecule has 20 heavy (non-hydrogen) atoms. The summed E-state index contributed by atoms with van der Waals surface area (Å²) in [5.74, 6) is 0.723. The van der Waals surface area contributed by atoms with Crippen LogP contribution in [-0.4, -0.2) is 48.7 Å². The van der Waals surface area contributed by atoms with Gasteiger partial charge in [0.2, 0.25) is 5.91 Å². The van der Waals surface area contributed by atoms with Crippen LogP contribution in [0.15, 0.2) is 5.16 Å². The van der Waals surface area contributed by atoms with Gasteiger partial charge in [-0.3, -0.25) is 4.79 Å². The summed E-state index contributed by atoms with van der Waals surface area (Å²) in [6, 6.07) is 0. The van der Waals surface area contributed by atoms with Crippen LogP contribution >= 0.6 is 0 Å². The minimum Gasteiger partial charge on any atom is -0.409 e. The summed E-state index contributed by atoms with van der Waals surface area (Å²) in [4.78, 5) is 14.3. The number of nitrogens with two attached hydrogens (primary N) is 1. The Morgan fingerprint density at radius 2 is 2.10 bits per heavy atom. The molecular weight excluding hydrogens is 258 g/mol. The smallest absolute Gasteiger partial charge is 0.236 e. The van der Waals surface area contributed by atoms with Gasteiger partial charge in [0.05, 0.1) is 6.61 Å². The van der Waals surface area contributed by atoms with Gasteiger partial charge >= 0.3 is 0 Å². The van der Waals surface area contributed by atoms with Crippen LogP contribution in [0.3, 0.4) is 0 Å². The van der Waals surface area contributed by atoms with E-state index in [1.165, 1.54) is 12.8 Å². The van der Waals surface area contributed by atoms with Crippen molar-refractivity contribution in [1.82, 2.24) is 4.90 Å². The van der Waals surface area contributed by atoms with Gasteiger partial charge in [0.1, 0.15) is 5.41 Å². The Kier molecular flexibility index (Phi) is 4.86. The fourth-order valence-corrected chi connectivity index (χ4v) is 2.86. The number of amidine groups is 1. The SMILES string of the molecule is CN(CCOCC1CC1)C(=O)C1(C(N)=NO)CCCC1. The Bertz CT molecular complexity index is 374. The number of ether oxygens (including phenoxy) is 1. The van der Waals surface area contributed by atoms with Crippen LogP contribution in [0.25, 0.3) is 0 Å². The van der Waals surface area contributed by atoms with Crippen molar-refractivity contribution >= 4 is 11.7 Å². The topological polar surface area (TPSA) is 88.2 Å². The van der Waals surface area contributed by atoms with Crippen molar-refractivity contribution in [2.24, 2.45) is 22.2 Å². The summed E-state index contributed by atoms with van der Waals surface area (Å²) in [5, 5.41) is 12.0. The normalized spacial score (nSPS) is 21.9. The molecule has 0 aromatic rings. The Hall–Kier alpha value is -1.30. The largest absolute Gasteiger partial charge is 0.409 e. The molecule has 0 unspecified atom stereocenters. The maximum atomic E-state index is 12.6. The fraction of sp³-hybridized carbons (Fsp3) is 0.857. The van der Waals surface area contributed by atoms with Gasteiger partial charge in [-0.15, -0.1) is 0 Å². The summed E-state index contributed by atoms with van der Waals surface area (Å²) in [7, 11) is 1.76. The zero-order chi connectivity index (χ0) is 14.6. The van der Waals surface area contributed by atoms with Gasteiger partial charge in [-0.1, -0.05) is 18.0 Å². The molecule has 0 aromatic heterocycles. The third-order valence-electron chi connectivity index (χ3n) is 4.43. The Balaban J connectivity index is 1.86. The number of carbonyl (C=O) groups excluding carboxylic acids is 1. The Labute approximate surface area is 119 Å². The van der Waals surface area contributed by atoms with E-state index in [0.29, 0.717) is 26.0 Å². The van der Waals surface area contributed by atoms with E-state index < -0.39 is 5.41 Å². The van der Waals surface area contributed by atoms with Crippen molar-refractivity contribution in [3.05, 3.63) is 0 Å². The second-order valence-electron chi connectivity index (χ2n) is 6.02. The van der Waals surface area contributed by atoms with E-state index in [2.05, 4.69) is 5.16 Å². The molecule has 3 N–H and O–H groups in total. The number of hydrogen-bond acceptors (Lipinski definition) is 4. The van der Waals surface area contributed by atoms with Crippen molar-refractivity contribution in [2.45, 2.75) is 38.5 Å². The third kappa shape index (κ3) is 3.23. The molecule has 114 valence electrons. The second kappa shape index (κ2) is 6.43. The number of amides is 1. The third-order valence-corrected chi connectivity index (χ3v) is 4.43. The fourth-order valence-electron chi connectivity index (χ4n) is 2.86. The molecule has 6 heteroatoms.